The minimum Gasteiger partial charge on any atom is -0.369 e. The number of rotatable bonds is 3. The van der Waals surface area contributed by atoms with Crippen LogP contribution in [-0.2, 0) is 9.53 Å². The molecule has 0 aliphatic carbocycles. The molecule has 1 aliphatic rings. The summed E-state index contributed by atoms with van der Waals surface area (Å²) in [6, 6.07) is 5.85. The second-order valence-corrected chi connectivity index (χ2v) is 6.45. The summed E-state index contributed by atoms with van der Waals surface area (Å²) in [5.41, 5.74) is 4.02. The van der Waals surface area contributed by atoms with Crippen molar-refractivity contribution in [3.8, 4) is 0 Å². The van der Waals surface area contributed by atoms with E-state index in [1.165, 1.54) is 12.1 Å². The summed E-state index contributed by atoms with van der Waals surface area (Å²) in [6.07, 6.45) is 0.444. The molecule has 0 aromatic heterocycles. The number of hydrogen-bond donors (Lipinski definition) is 2. The molecule has 2 rings (SSSR count). The van der Waals surface area contributed by atoms with Gasteiger partial charge in [0, 0.05) is 12.1 Å². The molecule has 1 fully saturated rings. The van der Waals surface area contributed by atoms with Crippen molar-refractivity contribution in [1.82, 2.24) is 0 Å². The van der Waals surface area contributed by atoms with Crippen molar-refractivity contribution in [2.24, 2.45) is 5.73 Å². The molecular formula is C15H21FN2O2. The van der Waals surface area contributed by atoms with Crippen LogP contribution in [-0.4, -0.2) is 22.6 Å². The second kappa shape index (κ2) is 4.45. The summed E-state index contributed by atoms with van der Waals surface area (Å²) in [5, 5.41) is 3.16. The topological polar surface area (TPSA) is 64.3 Å². The highest BCUT2D eigenvalue weighted by Gasteiger charge is 2.61. The molecule has 20 heavy (non-hydrogen) atoms. The second-order valence-electron chi connectivity index (χ2n) is 6.45. The van der Waals surface area contributed by atoms with Crippen LogP contribution in [0, 0.1) is 5.82 Å². The summed E-state index contributed by atoms with van der Waals surface area (Å²) < 4.78 is 19.0. The van der Waals surface area contributed by atoms with E-state index in [0.717, 1.165) is 0 Å². The molecule has 1 aromatic rings. The first-order valence-corrected chi connectivity index (χ1v) is 6.62. The number of benzene rings is 1. The molecule has 4 nitrogen and oxygen atoms in total. The van der Waals surface area contributed by atoms with Crippen LogP contribution in [0.1, 0.15) is 34.1 Å². The fraction of sp³-hybridized carbons (Fsp3) is 0.533. The number of primary amides is 1. The maximum absolute atomic E-state index is 13.0. The maximum Gasteiger partial charge on any atom is 0.246 e. The van der Waals surface area contributed by atoms with E-state index in [2.05, 4.69) is 5.32 Å². The van der Waals surface area contributed by atoms with Crippen LogP contribution in [0.3, 0.4) is 0 Å². The lowest BCUT2D eigenvalue weighted by Crippen LogP contribution is -2.61. The Morgan fingerprint density at radius 2 is 1.80 bits per heavy atom. The smallest absolute Gasteiger partial charge is 0.246 e. The van der Waals surface area contributed by atoms with Gasteiger partial charge in [-0.3, -0.25) is 4.79 Å². The molecule has 1 aromatic carbocycles. The Bertz CT molecular complexity index is 525. The van der Waals surface area contributed by atoms with Crippen LogP contribution >= 0.6 is 0 Å². The van der Waals surface area contributed by atoms with Crippen molar-refractivity contribution in [3.05, 3.63) is 30.1 Å². The number of halogens is 1. The zero-order valence-electron chi connectivity index (χ0n) is 12.3. The maximum atomic E-state index is 13.0. The van der Waals surface area contributed by atoms with Crippen LogP contribution in [0.15, 0.2) is 24.3 Å². The largest absolute Gasteiger partial charge is 0.369 e. The Labute approximate surface area is 118 Å². The lowest BCUT2D eigenvalue weighted by molar-refractivity contribution is -0.129. The quantitative estimate of drug-likeness (QED) is 0.893. The molecule has 0 spiro atoms. The molecule has 1 heterocycles. The average molecular weight is 280 g/mol. The summed E-state index contributed by atoms with van der Waals surface area (Å²) in [7, 11) is 0. The summed E-state index contributed by atoms with van der Waals surface area (Å²) >= 11 is 0. The van der Waals surface area contributed by atoms with Crippen LogP contribution < -0.4 is 11.1 Å². The first-order chi connectivity index (χ1) is 9.08. The zero-order chi connectivity index (χ0) is 15.2. The van der Waals surface area contributed by atoms with E-state index in [9.17, 15) is 9.18 Å². The van der Waals surface area contributed by atoms with E-state index in [-0.39, 0.29) is 5.82 Å². The van der Waals surface area contributed by atoms with Crippen molar-refractivity contribution >= 4 is 11.6 Å². The first kappa shape index (κ1) is 14.8. The Kier molecular flexibility index (Phi) is 3.29. The average Bonchev–Trinajstić information content (AvgIpc) is 2.47. The third kappa shape index (κ3) is 2.38. The fourth-order valence-electron chi connectivity index (χ4n) is 3.09. The van der Waals surface area contributed by atoms with E-state index in [1.807, 2.05) is 27.7 Å². The SMILES string of the molecule is CC1(C)CC(Nc2ccc(F)cc2)(C(N)=O)C(C)(C)O1. The van der Waals surface area contributed by atoms with Crippen LogP contribution in [0.5, 0.6) is 0 Å². The van der Waals surface area contributed by atoms with E-state index in [4.69, 9.17) is 10.5 Å². The highest BCUT2D eigenvalue weighted by atomic mass is 19.1. The standard InChI is InChI=1S/C15H21FN2O2/c1-13(2)9-15(12(17)19,14(3,4)20-13)18-11-7-5-10(16)6-8-11/h5-8,18H,9H2,1-4H3,(H2,17,19). The van der Waals surface area contributed by atoms with Crippen molar-refractivity contribution in [3.63, 3.8) is 0 Å². The van der Waals surface area contributed by atoms with Crippen LogP contribution in [0.25, 0.3) is 0 Å². The van der Waals surface area contributed by atoms with E-state index >= 15 is 0 Å². The molecule has 1 atom stereocenters. The molecule has 5 heteroatoms. The van der Waals surface area contributed by atoms with Gasteiger partial charge in [0.1, 0.15) is 11.4 Å². The third-order valence-electron chi connectivity index (χ3n) is 3.87. The molecule has 1 unspecified atom stereocenters. The number of nitrogens with two attached hydrogens (primary N) is 1. The molecule has 1 saturated heterocycles. The van der Waals surface area contributed by atoms with Gasteiger partial charge in [0.15, 0.2) is 0 Å². The lowest BCUT2D eigenvalue weighted by atomic mass is 9.78. The number of hydrogen-bond acceptors (Lipinski definition) is 3. The summed E-state index contributed by atoms with van der Waals surface area (Å²) in [6.45, 7) is 7.52. The first-order valence-electron chi connectivity index (χ1n) is 6.62. The van der Waals surface area contributed by atoms with Gasteiger partial charge in [0.2, 0.25) is 5.91 Å². The van der Waals surface area contributed by atoms with Gasteiger partial charge >= 0.3 is 0 Å². The number of carbonyl (C=O) groups is 1. The number of anilines is 1. The van der Waals surface area contributed by atoms with Gasteiger partial charge in [-0.05, 0) is 52.0 Å². The number of carbonyl (C=O) groups excluding carboxylic acids is 1. The fourth-order valence-corrected chi connectivity index (χ4v) is 3.09. The predicted octanol–water partition coefficient (Wildman–Crippen LogP) is 2.44. The Hall–Kier alpha value is -1.62. The van der Waals surface area contributed by atoms with Gasteiger partial charge < -0.3 is 15.8 Å². The van der Waals surface area contributed by atoms with Crippen LogP contribution in [0.4, 0.5) is 10.1 Å². The van der Waals surface area contributed by atoms with Crippen molar-refractivity contribution in [2.75, 3.05) is 5.32 Å². The van der Waals surface area contributed by atoms with Crippen LogP contribution in [0.2, 0.25) is 0 Å². The highest BCUT2D eigenvalue weighted by molar-refractivity contribution is 5.90. The van der Waals surface area contributed by atoms with Crippen molar-refractivity contribution in [1.29, 1.82) is 0 Å². The number of nitrogens with one attached hydrogen (secondary N) is 1. The predicted molar refractivity (Wildman–Crippen MR) is 75.8 cm³/mol. The Morgan fingerprint density at radius 1 is 1.25 bits per heavy atom. The minimum atomic E-state index is -1.03. The number of amides is 1. The molecular weight excluding hydrogens is 259 g/mol. The van der Waals surface area contributed by atoms with E-state index < -0.39 is 22.6 Å². The van der Waals surface area contributed by atoms with E-state index in [1.54, 1.807) is 12.1 Å². The monoisotopic (exact) mass is 280 g/mol. The molecule has 0 radical (unpaired) electrons. The van der Waals surface area contributed by atoms with Gasteiger partial charge in [0.25, 0.3) is 0 Å². The van der Waals surface area contributed by atoms with Crippen molar-refractivity contribution < 1.29 is 13.9 Å². The molecule has 1 amide bonds. The third-order valence-corrected chi connectivity index (χ3v) is 3.87. The molecule has 0 saturated carbocycles. The molecule has 1 aliphatic heterocycles. The van der Waals surface area contributed by atoms with Gasteiger partial charge in [-0.1, -0.05) is 0 Å². The lowest BCUT2D eigenvalue weighted by Gasteiger charge is -2.38. The molecule has 3 N–H and O–H groups in total. The van der Waals surface area contributed by atoms with Gasteiger partial charge in [-0.2, -0.15) is 0 Å². The van der Waals surface area contributed by atoms with Gasteiger partial charge in [0.05, 0.1) is 11.2 Å². The number of ether oxygens (including phenoxy) is 1. The highest BCUT2D eigenvalue weighted by Crippen LogP contribution is 2.46. The van der Waals surface area contributed by atoms with E-state index in [0.29, 0.717) is 12.1 Å². The zero-order valence-corrected chi connectivity index (χ0v) is 12.3. The van der Waals surface area contributed by atoms with Crippen molar-refractivity contribution in [2.45, 2.75) is 50.9 Å². The normalized spacial score (nSPS) is 27.2. The molecule has 110 valence electrons. The Balaban J connectivity index is 2.41. The van der Waals surface area contributed by atoms with Gasteiger partial charge in [-0.25, -0.2) is 4.39 Å². The Morgan fingerprint density at radius 3 is 2.20 bits per heavy atom. The molecule has 0 bridgehead atoms. The summed E-state index contributed by atoms with van der Waals surface area (Å²) in [5.74, 6) is -0.802. The van der Waals surface area contributed by atoms with Gasteiger partial charge in [-0.15, -0.1) is 0 Å². The summed E-state index contributed by atoms with van der Waals surface area (Å²) in [4.78, 5) is 12.1. The minimum absolute atomic E-state index is 0.328.